The SMILES string of the molecule is COc1cc(OCc2ccccc2)cc2c1CN(C(=O)OC(C)(C)C)CC2. The molecule has 144 valence electrons. The first-order chi connectivity index (χ1) is 12.9. The van der Waals surface area contributed by atoms with E-state index >= 15 is 0 Å². The number of nitrogens with zero attached hydrogens (tertiary/aromatic N) is 1. The van der Waals surface area contributed by atoms with Gasteiger partial charge in [0.25, 0.3) is 0 Å². The number of ether oxygens (including phenoxy) is 3. The minimum Gasteiger partial charge on any atom is -0.496 e. The number of fused-ring (bicyclic) bond motifs is 1. The van der Waals surface area contributed by atoms with E-state index in [1.807, 2.05) is 63.2 Å². The Morgan fingerprint density at radius 1 is 1.15 bits per heavy atom. The number of rotatable bonds is 4. The standard InChI is InChI=1S/C22H27NO4/c1-22(2,3)27-21(24)23-11-10-17-12-18(13-20(25-4)19(17)14-23)26-15-16-8-6-5-7-9-16/h5-9,12-13H,10-11,14-15H2,1-4H3. The summed E-state index contributed by atoms with van der Waals surface area (Å²) in [6.45, 7) is 7.23. The highest BCUT2D eigenvalue weighted by Gasteiger charge is 2.28. The minimum absolute atomic E-state index is 0.292. The zero-order valence-electron chi connectivity index (χ0n) is 16.5. The van der Waals surface area contributed by atoms with E-state index < -0.39 is 5.60 Å². The highest BCUT2D eigenvalue weighted by molar-refractivity contribution is 5.69. The number of amides is 1. The van der Waals surface area contributed by atoms with Gasteiger partial charge >= 0.3 is 6.09 Å². The largest absolute Gasteiger partial charge is 0.496 e. The molecular formula is C22H27NO4. The van der Waals surface area contributed by atoms with Gasteiger partial charge in [0.15, 0.2) is 0 Å². The zero-order chi connectivity index (χ0) is 19.4. The Hall–Kier alpha value is -2.69. The molecule has 27 heavy (non-hydrogen) atoms. The monoisotopic (exact) mass is 369 g/mol. The first-order valence-electron chi connectivity index (χ1n) is 9.20. The molecule has 1 amide bonds. The molecular weight excluding hydrogens is 342 g/mol. The summed E-state index contributed by atoms with van der Waals surface area (Å²) in [4.78, 5) is 14.1. The van der Waals surface area contributed by atoms with Crippen molar-refractivity contribution in [3.8, 4) is 11.5 Å². The zero-order valence-corrected chi connectivity index (χ0v) is 16.5. The molecule has 0 radical (unpaired) electrons. The first-order valence-corrected chi connectivity index (χ1v) is 9.20. The van der Waals surface area contributed by atoms with Crippen LogP contribution >= 0.6 is 0 Å². The lowest BCUT2D eigenvalue weighted by atomic mass is 9.98. The van der Waals surface area contributed by atoms with Crippen LogP contribution in [0.2, 0.25) is 0 Å². The fourth-order valence-corrected chi connectivity index (χ4v) is 3.09. The van der Waals surface area contributed by atoms with Crippen LogP contribution in [0.4, 0.5) is 4.79 Å². The molecule has 0 saturated heterocycles. The molecule has 2 aromatic carbocycles. The third-order valence-electron chi connectivity index (χ3n) is 4.39. The molecule has 1 aliphatic rings. The van der Waals surface area contributed by atoms with E-state index in [-0.39, 0.29) is 6.09 Å². The summed E-state index contributed by atoms with van der Waals surface area (Å²) in [5, 5.41) is 0. The van der Waals surface area contributed by atoms with Crippen LogP contribution in [0.3, 0.4) is 0 Å². The molecule has 1 heterocycles. The normalized spacial score (nSPS) is 13.7. The van der Waals surface area contributed by atoms with E-state index in [0.717, 1.165) is 34.6 Å². The molecule has 1 aliphatic heterocycles. The van der Waals surface area contributed by atoms with Gasteiger partial charge in [-0.25, -0.2) is 4.79 Å². The number of benzene rings is 2. The van der Waals surface area contributed by atoms with Gasteiger partial charge in [0, 0.05) is 18.2 Å². The summed E-state index contributed by atoms with van der Waals surface area (Å²) in [6, 6.07) is 14.0. The van der Waals surface area contributed by atoms with E-state index in [1.165, 1.54) is 0 Å². The molecule has 0 spiro atoms. The van der Waals surface area contributed by atoms with Crippen molar-refractivity contribution >= 4 is 6.09 Å². The van der Waals surface area contributed by atoms with Crippen LogP contribution in [0.25, 0.3) is 0 Å². The highest BCUT2D eigenvalue weighted by Crippen LogP contribution is 2.33. The van der Waals surface area contributed by atoms with Crippen LogP contribution in [0.5, 0.6) is 11.5 Å². The fourth-order valence-electron chi connectivity index (χ4n) is 3.09. The van der Waals surface area contributed by atoms with Crippen LogP contribution in [0.1, 0.15) is 37.5 Å². The van der Waals surface area contributed by atoms with Gasteiger partial charge in [0.2, 0.25) is 0 Å². The van der Waals surface area contributed by atoms with Crippen molar-refractivity contribution in [2.45, 2.75) is 45.9 Å². The molecule has 0 fully saturated rings. The van der Waals surface area contributed by atoms with Crippen molar-refractivity contribution in [2.24, 2.45) is 0 Å². The molecule has 3 rings (SSSR count). The summed E-state index contributed by atoms with van der Waals surface area (Å²) in [7, 11) is 1.64. The lowest BCUT2D eigenvalue weighted by Gasteiger charge is -2.32. The third kappa shape index (κ3) is 4.94. The number of hydrogen-bond donors (Lipinski definition) is 0. The van der Waals surface area contributed by atoms with Crippen molar-refractivity contribution in [2.75, 3.05) is 13.7 Å². The van der Waals surface area contributed by atoms with E-state index in [9.17, 15) is 4.79 Å². The number of carbonyl (C=O) groups is 1. The average Bonchev–Trinajstić information content (AvgIpc) is 2.64. The second kappa shape index (κ2) is 7.91. The molecule has 0 bridgehead atoms. The predicted molar refractivity (Wildman–Crippen MR) is 104 cm³/mol. The topological polar surface area (TPSA) is 48.0 Å². The van der Waals surface area contributed by atoms with Gasteiger partial charge in [-0.15, -0.1) is 0 Å². The van der Waals surface area contributed by atoms with Gasteiger partial charge < -0.3 is 19.1 Å². The van der Waals surface area contributed by atoms with Crippen molar-refractivity contribution in [1.29, 1.82) is 0 Å². The fraction of sp³-hybridized carbons (Fsp3) is 0.409. The summed E-state index contributed by atoms with van der Waals surface area (Å²) in [6.07, 6.45) is 0.451. The van der Waals surface area contributed by atoms with E-state index in [0.29, 0.717) is 19.7 Å². The Bertz CT molecular complexity index is 779. The van der Waals surface area contributed by atoms with E-state index in [2.05, 4.69) is 0 Å². The van der Waals surface area contributed by atoms with Gasteiger partial charge in [-0.1, -0.05) is 30.3 Å². The number of hydrogen-bond acceptors (Lipinski definition) is 4. The molecule has 5 nitrogen and oxygen atoms in total. The molecule has 0 saturated carbocycles. The minimum atomic E-state index is -0.503. The second-order valence-electron chi connectivity index (χ2n) is 7.69. The Morgan fingerprint density at radius 3 is 2.56 bits per heavy atom. The second-order valence-corrected chi connectivity index (χ2v) is 7.69. The molecule has 2 aromatic rings. The van der Waals surface area contributed by atoms with Crippen molar-refractivity contribution in [3.05, 3.63) is 59.2 Å². The smallest absolute Gasteiger partial charge is 0.410 e. The summed E-state index contributed by atoms with van der Waals surface area (Å²) in [5.74, 6) is 1.52. The van der Waals surface area contributed by atoms with Crippen LogP contribution in [0, 0.1) is 0 Å². The van der Waals surface area contributed by atoms with Crippen LogP contribution < -0.4 is 9.47 Å². The third-order valence-corrected chi connectivity index (χ3v) is 4.39. The Balaban J connectivity index is 1.74. The van der Waals surface area contributed by atoms with Gasteiger partial charge in [0.05, 0.1) is 13.7 Å². The van der Waals surface area contributed by atoms with Gasteiger partial charge in [-0.05, 0) is 44.4 Å². The van der Waals surface area contributed by atoms with Crippen LogP contribution in [-0.4, -0.2) is 30.2 Å². The molecule has 0 aliphatic carbocycles. The summed E-state index contributed by atoms with van der Waals surface area (Å²) >= 11 is 0. The lowest BCUT2D eigenvalue weighted by molar-refractivity contribution is 0.0222. The predicted octanol–water partition coefficient (Wildman–Crippen LogP) is 4.57. The summed E-state index contributed by atoms with van der Waals surface area (Å²) in [5.41, 5.74) is 2.78. The maximum absolute atomic E-state index is 12.4. The highest BCUT2D eigenvalue weighted by atomic mass is 16.6. The Morgan fingerprint density at radius 2 is 1.89 bits per heavy atom. The first kappa shape index (κ1) is 19.1. The maximum Gasteiger partial charge on any atom is 0.410 e. The van der Waals surface area contributed by atoms with Crippen LogP contribution in [0.15, 0.2) is 42.5 Å². The summed E-state index contributed by atoms with van der Waals surface area (Å²) < 4.78 is 17.0. The molecule has 0 atom stereocenters. The molecule has 0 unspecified atom stereocenters. The van der Waals surface area contributed by atoms with Crippen LogP contribution in [-0.2, 0) is 24.3 Å². The maximum atomic E-state index is 12.4. The van der Waals surface area contributed by atoms with Crippen molar-refractivity contribution < 1.29 is 19.0 Å². The number of carbonyl (C=O) groups excluding carboxylic acids is 1. The molecule has 0 aromatic heterocycles. The van der Waals surface area contributed by atoms with Gasteiger partial charge in [-0.3, -0.25) is 0 Å². The van der Waals surface area contributed by atoms with Crippen molar-refractivity contribution in [3.63, 3.8) is 0 Å². The lowest BCUT2D eigenvalue weighted by Crippen LogP contribution is -2.40. The Kier molecular flexibility index (Phi) is 5.59. The molecule has 0 N–H and O–H groups in total. The Labute approximate surface area is 160 Å². The van der Waals surface area contributed by atoms with E-state index in [1.54, 1.807) is 12.0 Å². The van der Waals surface area contributed by atoms with Gasteiger partial charge in [0.1, 0.15) is 23.7 Å². The quantitative estimate of drug-likeness (QED) is 0.792. The van der Waals surface area contributed by atoms with E-state index in [4.69, 9.17) is 14.2 Å². The average molecular weight is 369 g/mol. The van der Waals surface area contributed by atoms with Crippen molar-refractivity contribution in [1.82, 2.24) is 4.90 Å². The molecule has 5 heteroatoms. The number of methoxy groups -OCH3 is 1. The van der Waals surface area contributed by atoms with Gasteiger partial charge in [-0.2, -0.15) is 0 Å².